The number of aromatic hydroxyl groups is 1. The number of carbonyl (C=O) groups is 2. The Kier molecular flexibility index (Phi) is 5.32. The smallest absolute Gasteiger partial charge is 0.407 e. The third-order valence-electron chi connectivity index (χ3n) is 2.25. The van der Waals surface area contributed by atoms with Crippen LogP contribution in [0.4, 0.5) is 4.79 Å². The second kappa shape index (κ2) is 6.75. The highest BCUT2D eigenvalue weighted by Gasteiger charge is 2.14. The van der Waals surface area contributed by atoms with Gasteiger partial charge in [-0.05, 0) is 39.0 Å². The molecule has 1 aromatic carbocycles. The Morgan fingerprint density at radius 2 is 2.10 bits per heavy atom. The summed E-state index contributed by atoms with van der Waals surface area (Å²) in [5, 5.41) is 12.2. The number of phenolic OH excluding ortho intramolecular Hbond substituents is 1. The molecule has 0 bridgehead atoms. The van der Waals surface area contributed by atoms with Crippen LogP contribution >= 0.6 is 0 Å². The van der Waals surface area contributed by atoms with E-state index in [-0.39, 0.29) is 12.3 Å². The molecule has 0 aliphatic rings. The van der Waals surface area contributed by atoms with Crippen LogP contribution in [0.5, 0.6) is 5.75 Å². The van der Waals surface area contributed by atoms with E-state index >= 15 is 0 Å². The van der Waals surface area contributed by atoms with Crippen molar-refractivity contribution in [2.45, 2.75) is 26.4 Å². The summed E-state index contributed by atoms with van der Waals surface area (Å²) in [7, 11) is 0. The predicted octanol–water partition coefficient (Wildman–Crippen LogP) is 2.74. The van der Waals surface area contributed by atoms with E-state index in [1.165, 1.54) is 12.1 Å². The molecule has 108 valence electrons. The summed E-state index contributed by atoms with van der Waals surface area (Å²) in [5.74, 6) is 0.0733. The molecular formula is C15H19NO4. The Labute approximate surface area is 118 Å². The van der Waals surface area contributed by atoms with Gasteiger partial charge in [-0.15, -0.1) is 0 Å². The first kappa shape index (κ1) is 15.8. The SMILES string of the molecule is CC(C)(C)OC(=O)NCC=Cc1cc(C=O)ccc1O. The van der Waals surface area contributed by atoms with Crippen molar-refractivity contribution in [2.75, 3.05) is 6.54 Å². The van der Waals surface area contributed by atoms with Crippen molar-refractivity contribution in [3.05, 3.63) is 35.4 Å². The number of nitrogens with one attached hydrogen (secondary N) is 1. The van der Waals surface area contributed by atoms with Crippen molar-refractivity contribution in [1.82, 2.24) is 5.32 Å². The minimum Gasteiger partial charge on any atom is -0.507 e. The summed E-state index contributed by atoms with van der Waals surface area (Å²) in [6, 6.07) is 4.54. The van der Waals surface area contributed by atoms with Gasteiger partial charge in [0.05, 0.1) is 0 Å². The van der Waals surface area contributed by atoms with Gasteiger partial charge in [0.2, 0.25) is 0 Å². The fourth-order valence-corrected chi connectivity index (χ4v) is 1.42. The lowest BCUT2D eigenvalue weighted by molar-refractivity contribution is 0.0534. The highest BCUT2D eigenvalue weighted by Crippen LogP contribution is 2.19. The quantitative estimate of drug-likeness (QED) is 0.830. The highest BCUT2D eigenvalue weighted by molar-refractivity contribution is 5.77. The summed E-state index contributed by atoms with van der Waals surface area (Å²) >= 11 is 0. The zero-order chi connectivity index (χ0) is 15.2. The molecule has 0 heterocycles. The van der Waals surface area contributed by atoms with E-state index in [1.807, 2.05) is 0 Å². The third-order valence-corrected chi connectivity index (χ3v) is 2.25. The van der Waals surface area contributed by atoms with Gasteiger partial charge in [-0.2, -0.15) is 0 Å². The van der Waals surface area contributed by atoms with E-state index in [0.717, 1.165) is 0 Å². The van der Waals surface area contributed by atoms with Crippen molar-refractivity contribution >= 4 is 18.5 Å². The Balaban J connectivity index is 2.53. The summed E-state index contributed by atoms with van der Waals surface area (Å²) < 4.78 is 5.07. The summed E-state index contributed by atoms with van der Waals surface area (Å²) in [6.07, 6.45) is 3.48. The average Bonchev–Trinajstić information content (AvgIpc) is 2.34. The number of hydrogen-bond donors (Lipinski definition) is 2. The topological polar surface area (TPSA) is 75.6 Å². The van der Waals surface area contributed by atoms with Gasteiger partial charge in [-0.3, -0.25) is 4.79 Å². The average molecular weight is 277 g/mol. The first-order valence-corrected chi connectivity index (χ1v) is 6.23. The predicted molar refractivity (Wildman–Crippen MR) is 76.8 cm³/mol. The van der Waals surface area contributed by atoms with Crippen molar-refractivity contribution in [1.29, 1.82) is 0 Å². The van der Waals surface area contributed by atoms with Crippen molar-refractivity contribution in [2.24, 2.45) is 0 Å². The van der Waals surface area contributed by atoms with Gasteiger partial charge in [0.15, 0.2) is 0 Å². The molecule has 0 radical (unpaired) electrons. The Hall–Kier alpha value is -2.30. The van der Waals surface area contributed by atoms with Crippen LogP contribution in [0, 0.1) is 0 Å². The number of aldehydes is 1. The molecule has 5 nitrogen and oxygen atoms in total. The van der Waals surface area contributed by atoms with Gasteiger partial charge in [-0.25, -0.2) is 4.79 Å². The lowest BCUT2D eigenvalue weighted by Gasteiger charge is -2.19. The molecule has 0 saturated heterocycles. The molecule has 0 aliphatic heterocycles. The maximum atomic E-state index is 11.4. The van der Waals surface area contributed by atoms with Gasteiger partial charge in [-0.1, -0.05) is 12.2 Å². The fraction of sp³-hybridized carbons (Fsp3) is 0.333. The van der Waals surface area contributed by atoms with Crippen LogP contribution in [-0.4, -0.2) is 29.6 Å². The fourth-order valence-electron chi connectivity index (χ4n) is 1.42. The third kappa shape index (κ3) is 5.56. The number of rotatable bonds is 4. The number of alkyl carbamates (subject to hydrolysis) is 1. The molecule has 0 atom stereocenters. The van der Waals surface area contributed by atoms with E-state index in [0.29, 0.717) is 17.4 Å². The number of hydrogen-bond acceptors (Lipinski definition) is 4. The maximum Gasteiger partial charge on any atom is 0.407 e. The lowest BCUT2D eigenvalue weighted by Crippen LogP contribution is -2.32. The van der Waals surface area contributed by atoms with Crippen molar-refractivity contribution < 1.29 is 19.4 Å². The van der Waals surface area contributed by atoms with E-state index < -0.39 is 11.7 Å². The van der Waals surface area contributed by atoms with Crippen LogP contribution in [0.3, 0.4) is 0 Å². The van der Waals surface area contributed by atoms with Crippen molar-refractivity contribution in [3.63, 3.8) is 0 Å². The minimum atomic E-state index is -0.537. The van der Waals surface area contributed by atoms with Crippen LogP contribution in [0.2, 0.25) is 0 Å². The molecule has 1 rings (SSSR count). The number of amides is 1. The Morgan fingerprint density at radius 3 is 2.70 bits per heavy atom. The number of benzene rings is 1. The Bertz CT molecular complexity index is 515. The zero-order valence-corrected chi connectivity index (χ0v) is 11.8. The summed E-state index contributed by atoms with van der Waals surface area (Å²) in [6.45, 7) is 5.61. The molecule has 0 aliphatic carbocycles. The highest BCUT2D eigenvalue weighted by atomic mass is 16.6. The van der Waals surface area contributed by atoms with Crippen LogP contribution in [-0.2, 0) is 4.74 Å². The van der Waals surface area contributed by atoms with Crippen LogP contribution in [0.25, 0.3) is 6.08 Å². The first-order chi connectivity index (χ1) is 9.31. The molecule has 0 unspecified atom stereocenters. The second-order valence-electron chi connectivity index (χ2n) is 5.22. The standard InChI is InChI=1S/C15H19NO4/c1-15(2,3)20-14(19)16-8-4-5-12-9-11(10-17)6-7-13(12)18/h4-7,9-10,18H,8H2,1-3H3,(H,16,19). The van der Waals surface area contributed by atoms with E-state index in [1.54, 1.807) is 39.0 Å². The summed E-state index contributed by atoms with van der Waals surface area (Å²) in [5.41, 5.74) is 0.452. The van der Waals surface area contributed by atoms with Gasteiger partial charge in [0, 0.05) is 17.7 Å². The molecule has 0 spiro atoms. The van der Waals surface area contributed by atoms with E-state index in [2.05, 4.69) is 5.32 Å². The van der Waals surface area contributed by atoms with Gasteiger partial charge >= 0.3 is 6.09 Å². The second-order valence-corrected chi connectivity index (χ2v) is 5.22. The molecule has 0 aromatic heterocycles. The number of carbonyl (C=O) groups excluding carboxylic acids is 2. The minimum absolute atomic E-state index is 0.0733. The largest absolute Gasteiger partial charge is 0.507 e. The van der Waals surface area contributed by atoms with Gasteiger partial charge in [0.1, 0.15) is 17.6 Å². The van der Waals surface area contributed by atoms with Gasteiger partial charge < -0.3 is 15.2 Å². The number of ether oxygens (including phenoxy) is 1. The van der Waals surface area contributed by atoms with Crippen molar-refractivity contribution in [3.8, 4) is 5.75 Å². The molecule has 20 heavy (non-hydrogen) atoms. The molecule has 0 saturated carbocycles. The normalized spacial score (nSPS) is 11.3. The first-order valence-electron chi connectivity index (χ1n) is 6.23. The molecule has 1 amide bonds. The summed E-state index contributed by atoms with van der Waals surface area (Å²) in [4.78, 5) is 22.0. The van der Waals surface area contributed by atoms with Gasteiger partial charge in [0.25, 0.3) is 0 Å². The molecular weight excluding hydrogens is 258 g/mol. The molecule has 2 N–H and O–H groups in total. The van der Waals surface area contributed by atoms with Crippen LogP contribution in [0.1, 0.15) is 36.7 Å². The van der Waals surface area contributed by atoms with E-state index in [4.69, 9.17) is 4.74 Å². The maximum absolute atomic E-state index is 11.4. The number of phenols is 1. The molecule has 5 heteroatoms. The molecule has 0 fully saturated rings. The zero-order valence-electron chi connectivity index (χ0n) is 11.8. The van der Waals surface area contributed by atoms with E-state index in [9.17, 15) is 14.7 Å². The lowest BCUT2D eigenvalue weighted by atomic mass is 10.1. The van der Waals surface area contributed by atoms with Crippen LogP contribution in [0.15, 0.2) is 24.3 Å². The van der Waals surface area contributed by atoms with Crippen LogP contribution < -0.4 is 5.32 Å². The molecule has 1 aromatic rings. The Morgan fingerprint density at radius 1 is 1.40 bits per heavy atom. The monoisotopic (exact) mass is 277 g/mol.